The van der Waals surface area contributed by atoms with Gasteiger partial charge in [-0.2, -0.15) is 0 Å². The lowest BCUT2D eigenvalue weighted by Gasteiger charge is -2.23. The van der Waals surface area contributed by atoms with Gasteiger partial charge >= 0.3 is 0 Å². The number of aromatic nitrogens is 2. The molecule has 1 heterocycles. The van der Waals surface area contributed by atoms with E-state index in [9.17, 15) is 0 Å². The monoisotopic (exact) mass is 277 g/mol. The fraction of sp³-hybridized carbons (Fsp3) is 0.429. The molecule has 0 aliphatic carbocycles. The number of hydrogen-bond donors (Lipinski definition) is 1. The number of benzene rings is 1. The molecule has 0 fully saturated rings. The third-order valence-corrected chi connectivity index (χ3v) is 3.30. The van der Waals surface area contributed by atoms with E-state index in [1.165, 1.54) is 17.3 Å². The molecule has 0 aliphatic heterocycles. The molecule has 4 nitrogen and oxygen atoms in total. The van der Waals surface area contributed by atoms with Crippen molar-refractivity contribution in [1.29, 1.82) is 0 Å². The van der Waals surface area contributed by atoms with Crippen molar-refractivity contribution < 1.29 is 4.42 Å². The van der Waals surface area contributed by atoms with Crippen LogP contribution in [-0.2, 0) is 12.0 Å². The molecular weight excluding hydrogens is 258 g/mol. The smallest absolute Gasteiger partial charge is 0.276 e. The number of para-hydroxylation sites is 1. The summed E-state index contributed by atoms with van der Waals surface area (Å²) in [6.45, 7) is 7.14. The van der Waals surface area contributed by atoms with Crippen LogP contribution in [0, 0.1) is 0 Å². The van der Waals surface area contributed by atoms with Crippen LogP contribution in [0.15, 0.2) is 33.9 Å². The van der Waals surface area contributed by atoms with E-state index in [0.29, 0.717) is 17.7 Å². The summed E-state index contributed by atoms with van der Waals surface area (Å²) in [5, 5.41) is 11.9. The average molecular weight is 277 g/mol. The Balaban J connectivity index is 2.11. The van der Waals surface area contributed by atoms with Crippen molar-refractivity contribution in [2.45, 2.75) is 38.0 Å². The maximum absolute atomic E-state index is 5.46. The third kappa shape index (κ3) is 3.50. The predicted molar refractivity (Wildman–Crippen MR) is 78.5 cm³/mol. The summed E-state index contributed by atoms with van der Waals surface area (Å²) in [4.78, 5) is 0. The average Bonchev–Trinajstić information content (AvgIpc) is 2.83. The first-order chi connectivity index (χ1) is 9.00. The van der Waals surface area contributed by atoms with Crippen LogP contribution in [0.3, 0.4) is 0 Å². The van der Waals surface area contributed by atoms with E-state index in [2.05, 4.69) is 54.5 Å². The summed E-state index contributed by atoms with van der Waals surface area (Å²) in [5.74, 6) is 0.605. The minimum Gasteiger partial charge on any atom is -0.414 e. The summed E-state index contributed by atoms with van der Waals surface area (Å²) in [6.07, 6.45) is 1.92. The lowest BCUT2D eigenvalue weighted by molar-refractivity contribution is 0.419. The van der Waals surface area contributed by atoms with Crippen molar-refractivity contribution in [2.24, 2.45) is 0 Å². The summed E-state index contributed by atoms with van der Waals surface area (Å²) < 4.78 is 5.46. The van der Waals surface area contributed by atoms with Crippen LogP contribution in [0.4, 0.5) is 5.69 Å². The molecule has 0 aliphatic rings. The zero-order valence-corrected chi connectivity index (χ0v) is 12.5. The first-order valence-corrected chi connectivity index (χ1v) is 7.43. The van der Waals surface area contributed by atoms with Crippen LogP contribution in [0.25, 0.3) is 0 Å². The molecule has 2 rings (SSSR count). The van der Waals surface area contributed by atoms with Gasteiger partial charge in [0.05, 0.1) is 6.54 Å². The minimum absolute atomic E-state index is 0.100. The van der Waals surface area contributed by atoms with E-state index < -0.39 is 0 Å². The van der Waals surface area contributed by atoms with Gasteiger partial charge in [0.1, 0.15) is 0 Å². The van der Waals surface area contributed by atoms with Crippen molar-refractivity contribution in [2.75, 3.05) is 11.6 Å². The SMILES string of the molecule is CSc1nnc(CNc2ccccc2C(C)(C)C)o1. The quantitative estimate of drug-likeness (QED) is 0.864. The van der Waals surface area contributed by atoms with E-state index in [0.717, 1.165) is 5.69 Å². The van der Waals surface area contributed by atoms with Gasteiger partial charge in [-0.25, -0.2) is 0 Å². The van der Waals surface area contributed by atoms with Crippen LogP contribution in [-0.4, -0.2) is 16.5 Å². The molecule has 0 radical (unpaired) electrons. The molecular formula is C14H19N3OS. The van der Waals surface area contributed by atoms with Crippen LogP contribution < -0.4 is 5.32 Å². The summed E-state index contributed by atoms with van der Waals surface area (Å²) in [5.41, 5.74) is 2.49. The Morgan fingerprint density at radius 3 is 2.58 bits per heavy atom. The van der Waals surface area contributed by atoms with Gasteiger partial charge in [-0.3, -0.25) is 0 Å². The lowest BCUT2D eigenvalue weighted by atomic mass is 9.86. The molecule has 1 aromatic heterocycles. The molecule has 0 spiro atoms. The highest BCUT2D eigenvalue weighted by Crippen LogP contribution is 2.29. The standard InChI is InChI=1S/C14H19N3OS/c1-14(2,3)10-7-5-6-8-11(10)15-9-12-16-17-13(18-12)19-4/h5-8,15H,9H2,1-4H3. The van der Waals surface area contributed by atoms with Gasteiger partial charge in [-0.15, -0.1) is 10.2 Å². The Morgan fingerprint density at radius 2 is 1.95 bits per heavy atom. The highest BCUT2D eigenvalue weighted by Gasteiger charge is 2.17. The van der Waals surface area contributed by atoms with Crippen LogP contribution in [0.2, 0.25) is 0 Å². The van der Waals surface area contributed by atoms with Crippen molar-refractivity contribution in [3.63, 3.8) is 0 Å². The largest absolute Gasteiger partial charge is 0.414 e. The first kappa shape index (κ1) is 13.9. The van der Waals surface area contributed by atoms with Crippen molar-refractivity contribution in [3.8, 4) is 0 Å². The molecule has 0 saturated carbocycles. The van der Waals surface area contributed by atoms with Crippen molar-refractivity contribution in [3.05, 3.63) is 35.7 Å². The molecule has 1 aromatic carbocycles. The van der Waals surface area contributed by atoms with E-state index in [4.69, 9.17) is 4.42 Å². The van der Waals surface area contributed by atoms with Crippen molar-refractivity contribution >= 4 is 17.4 Å². The number of nitrogens with one attached hydrogen (secondary N) is 1. The van der Waals surface area contributed by atoms with E-state index in [1.54, 1.807) is 0 Å². The normalized spacial score (nSPS) is 11.6. The maximum Gasteiger partial charge on any atom is 0.276 e. The fourth-order valence-electron chi connectivity index (χ4n) is 1.85. The molecule has 0 bridgehead atoms. The molecule has 5 heteroatoms. The molecule has 0 saturated heterocycles. The van der Waals surface area contributed by atoms with Gasteiger partial charge in [0.15, 0.2) is 0 Å². The number of anilines is 1. The Hall–Kier alpha value is -1.49. The van der Waals surface area contributed by atoms with Gasteiger partial charge in [0.2, 0.25) is 5.89 Å². The molecule has 2 aromatic rings. The van der Waals surface area contributed by atoms with E-state index >= 15 is 0 Å². The summed E-state index contributed by atoms with van der Waals surface area (Å²) in [6, 6.07) is 8.30. The number of hydrogen-bond acceptors (Lipinski definition) is 5. The molecule has 0 unspecified atom stereocenters. The number of thioether (sulfide) groups is 1. The highest BCUT2D eigenvalue weighted by atomic mass is 32.2. The number of nitrogens with zero attached hydrogens (tertiary/aromatic N) is 2. The maximum atomic E-state index is 5.46. The van der Waals surface area contributed by atoms with Gasteiger partial charge in [0, 0.05) is 5.69 Å². The minimum atomic E-state index is 0.100. The second-order valence-corrected chi connectivity index (χ2v) is 6.07. The topological polar surface area (TPSA) is 51.0 Å². The van der Waals surface area contributed by atoms with Gasteiger partial charge < -0.3 is 9.73 Å². The molecule has 102 valence electrons. The van der Waals surface area contributed by atoms with Gasteiger partial charge in [-0.1, -0.05) is 50.7 Å². The molecule has 0 amide bonds. The predicted octanol–water partition coefficient (Wildman–Crippen LogP) is 3.70. The Labute approximate surface area is 118 Å². The second kappa shape index (κ2) is 5.65. The lowest BCUT2D eigenvalue weighted by Crippen LogP contribution is -2.14. The summed E-state index contributed by atoms with van der Waals surface area (Å²) in [7, 11) is 0. The molecule has 1 N–H and O–H groups in total. The zero-order valence-electron chi connectivity index (χ0n) is 11.7. The van der Waals surface area contributed by atoms with Gasteiger partial charge in [-0.05, 0) is 23.3 Å². The van der Waals surface area contributed by atoms with Crippen LogP contribution in [0.1, 0.15) is 32.2 Å². The third-order valence-electron chi connectivity index (χ3n) is 2.79. The molecule has 0 atom stereocenters. The second-order valence-electron chi connectivity index (χ2n) is 5.31. The van der Waals surface area contributed by atoms with E-state index in [-0.39, 0.29) is 5.41 Å². The van der Waals surface area contributed by atoms with Crippen molar-refractivity contribution in [1.82, 2.24) is 10.2 Å². The van der Waals surface area contributed by atoms with Crippen LogP contribution in [0.5, 0.6) is 0 Å². The van der Waals surface area contributed by atoms with Gasteiger partial charge in [0.25, 0.3) is 5.22 Å². The Bertz CT molecular complexity index is 546. The van der Waals surface area contributed by atoms with E-state index in [1.807, 2.05) is 12.3 Å². The Kier molecular flexibility index (Phi) is 4.14. The summed E-state index contributed by atoms with van der Waals surface area (Å²) >= 11 is 1.45. The zero-order chi connectivity index (χ0) is 13.9. The molecule has 19 heavy (non-hydrogen) atoms. The highest BCUT2D eigenvalue weighted by molar-refractivity contribution is 7.98. The van der Waals surface area contributed by atoms with Crippen LogP contribution >= 0.6 is 11.8 Å². The number of rotatable bonds is 4. The Morgan fingerprint density at radius 1 is 1.21 bits per heavy atom. The fourth-order valence-corrected chi connectivity index (χ4v) is 2.16. The first-order valence-electron chi connectivity index (χ1n) is 6.20.